The fourth-order valence-corrected chi connectivity index (χ4v) is 3.16. The molecule has 1 amide bonds. The summed E-state index contributed by atoms with van der Waals surface area (Å²) < 4.78 is 22.6. The number of nitrogens with one attached hydrogen (secondary N) is 1. The molecule has 7 heteroatoms. The Balaban J connectivity index is 2.51. The minimum atomic E-state index is -3.11. The monoisotopic (exact) mass is 291 g/mol. The molecule has 0 aromatic heterocycles. The average molecular weight is 291 g/mol. The van der Waals surface area contributed by atoms with Crippen molar-refractivity contribution in [2.75, 3.05) is 18.1 Å². The summed E-state index contributed by atoms with van der Waals surface area (Å²) in [6.45, 7) is 3.52. The Morgan fingerprint density at radius 2 is 1.84 bits per heavy atom. The van der Waals surface area contributed by atoms with Crippen molar-refractivity contribution in [1.29, 1.82) is 0 Å². The number of carbonyl (C=O) groups is 2. The largest absolute Gasteiger partial charge is 0.481 e. The van der Waals surface area contributed by atoms with E-state index in [1.165, 1.54) is 0 Å². The molecule has 0 spiro atoms. The number of hydrogen-bond acceptors (Lipinski definition) is 4. The lowest BCUT2D eigenvalue weighted by Crippen LogP contribution is -2.37. The molecule has 1 aliphatic rings. The predicted octanol–water partition coefficient (Wildman–Crippen LogP) is 0.284. The number of sulfone groups is 1. The van der Waals surface area contributed by atoms with Crippen LogP contribution in [0.4, 0.5) is 0 Å². The van der Waals surface area contributed by atoms with E-state index in [1.807, 2.05) is 6.92 Å². The van der Waals surface area contributed by atoms with Crippen molar-refractivity contribution in [2.24, 2.45) is 17.8 Å². The Bertz CT molecular complexity index is 445. The second-order valence-electron chi connectivity index (χ2n) is 5.16. The highest BCUT2D eigenvalue weighted by Gasteiger charge is 2.41. The third-order valence-corrected chi connectivity index (χ3v) is 5.31. The number of carbonyl (C=O) groups excluding carboxylic acids is 1. The third kappa shape index (κ3) is 4.49. The lowest BCUT2D eigenvalue weighted by atomic mass is 9.95. The fraction of sp³-hybridized carbons (Fsp3) is 0.833. The maximum absolute atomic E-state index is 11.9. The Hall–Kier alpha value is -1.11. The summed E-state index contributed by atoms with van der Waals surface area (Å²) in [6.07, 6.45) is 1.05. The van der Waals surface area contributed by atoms with Crippen LogP contribution < -0.4 is 5.32 Å². The van der Waals surface area contributed by atoms with Crippen LogP contribution in [0, 0.1) is 17.8 Å². The summed E-state index contributed by atoms with van der Waals surface area (Å²) in [5.74, 6) is -2.35. The maximum Gasteiger partial charge on any atom is 0.307 e. The van der Waals surface area contributed by atoms with Gasteiger partial charge in [-0.3, -0.25) is 9.59 Å². The van der Waals surface area contributed by atoms with E-state index in [2.05, 4.69) is 5.32 Å². The molecule has 1 saturated carbocycles. The van der Waals surface area contributed by atoms with Crippen LogP contribution in [-0.2, 0) is 19.4 Å². The molecule has 19 heavy (non-hydrogen) atoms. The second kappa shape index (κ2) is 6.36. The van der Waals surface area contributed by atoms with E-state index >= 15 is 0 Å². The number of carboxylic acids is 1. The summed E-state index contributed by atoms with van der Waals surface area (Å²) in [6, 6.07) is 0. The first-order valence-corrected chi connectivity index (χ1v) is 8.30. The van der Waals surface area contributed by atoms with Crippen LogP contribution >= 0.6 is 0 Å². The minimum Gasteiger partial charge on any atom is -0.481 e. The highest BCUT2D eigenvalue weighted by atomic mass is 32.2. The summed E-state index contributed by atoms with van der Waals surface area (Å²) in [5, 5.41) is 11.6. The molecule has 0 aromatic rings. The molecule has 0 bridgehead atoms. The highest BCUT2D eigenvalue weighted by molar-refractivity contribution is 7.91. The van der Waals surface area contributed by atoms with Crippen LogP contribution in [-0.4, -0.2) is 43.5 Å². The van der Waals surface area contributed by atoms with Gasteiger partial charge in [-0.15, -0.1) is 0 Å². The maximum atomic E-state index is 11.9. The van der Waals surface area contributed by atoms with Crippen molar-refractivity contribution in [1.82, 2.24) is 5.32 Å². The number of hydrogen-bond donors (Lipinski definition) is 2. The van der Waals surface area contributed by atoms with E-state index in [1.54, 1.807) is 6.92 Å². The molecule has 1 aliphatic carbocycles. The van der Waals surface area contributed by atoms with Crippen LogP contribution in [0.5, 0.6) is 0 Å². The zero-order chi connectivity index (χ0) is 14.6. The highest BCUT2D eigenvalue weighted by Crippen LogP contribution is 2.36. The number of aliphatic carboxylic acids is 1. The molecule has 1 unspecified atom stereocenters. The molecule has 110 valence electrons. The van der Waals surface area contributed by atoms with Gasteiger partial charge in [0.1, 0.15) is 0 Å². The van der Waals surface area contributed by atoms with Crippen molar-refractivity contribution >= 4 is 21.7 Å². The zero-order valence-corrected chi connectivity index (χ0v) is 12.1. The van der Waals surface area contributed by atoms with Gasteiger partial charge in [-0.1, -0.05) is 13.8 Å². The van der Waals surface area contributed by atoms with Crippen molar-refractivity contribution in [3.8, 4) is 0 Å². The normalized spacial score (nSPS) is 27.2. The first-order valence-electron chi connectivity index (χ1n) is 6.47. The summed E-state index contributed by atoms with van der Waals surface area (Å²) in [5.41, 5.74) is 0. The van der Waals surface area contributed by atoms with E-state index in [9.17, 15) is 18.0 Å². The molecule has 0 saturated heterocycles. The standard InChI is InChI=1S/C12H21NO5S/c1-3-19(17,18)5-4-13-11(14)9-6-8(2)7-10(9)12(15)16/h8-10H,3-7H2,1-2H3,(H,13,14)(H,15,16)/t8?,9-,10+/m0/s1. The Kier molecular flexibility index (Phi) is 5.34. The van der Waals surface area contributed by atoms with Gasteiger partial charge in [0.25, 0.3) is 0 Å². The lowest BCUT2D eigenvalue weighted by Gasteiger charge is -2.15. The first kappa shape index (κ1) is 15.9. The first-order chi connectivity index (χ1) is 8.76. The Morgan fingerprint density at radius 3 is 2.37 bits per heavy atom. The van der Waals surface area contributed by atoms with Gasteiger partial charge in [-0.25, -0.2) is 8.42 Å². The van der Waals surface area contributed by atoms with Crippen LogP contribution in [0.25, 0.3) is 0 Å². The molecule has 6 nitrogen and oxygen atoms in total. The Morgan fingerprint density at radius 1 is 1.26 bits per heavy atom. The van der Waals surface area contributed by atoms with E-state index < -0.39 is 27.6 Å². The van der Waals surface area contributed by atoms with Crippen molar-refractivity contribution in [3.05, 3.63) is 0 Å². The van der Waals surface area contributed by atoms with Gasteiger partial charge in [0.2, 0.25) is 5.91 Å². The molecule has 0 radical (unpaired) electrons. The van der Waals surface area contributed by atoms with Gasteiger partial charge in [-0.05, 0) is 18.8 Å². The molecule has 1 rings (SSSR count). The molecular formula is C12H21NO5S. The van der Waals surface area contributed by atoms with Gasteiger partial charge < -0.3 is 10.4 Å². The topological polar surface area (TPSA) is 101 Å². The van der Waals surface area contributed by atoms with Crippen molar-refractivity contribution in [2.45, 2.75) is 26.7 Å². The van der Waals surface area contributed by atoms with E-state index in [0.29, 0.717) is 12.8 Å². The van der Waals surface area contributed by atoms with Gasteiger partial charge in [-0.2, -0.15) is 0 Å². The molecule has 2 N–H and O–H groups in total. The minimum absolute atomic E-state index is 0.0427. The smallest absolute Gasteiger partial charge is 0.307 e. The quantitative estimate of drug-likeness (QED) is 0.732. The van der Waals surface area contributed by atoms with Crippen LogP contribution in [0.15, 0.2) is 0 Å². The van der Waals surface area contributed by atoms with E-state index in [-0.39, 0.29) is 29.9 Å². The predicted molar refractivity (Wildman–Crippen MR) is 70.4 cm³/mol. The van der Waals surface area contributed by atoms with Gasteiger partial charge in [0.15, 0.2) is 9.84 Å². The van der Waals surface area contributed by atoms with Crippen molar-refractivity contribution in [3.63, 3.8) is 0 Å². The summed E-state index contributed by atoms with van der Waals surface area (Å²) in [4.78, 5) is 23.0. The van der Waals surface area contributed by atoms with Crippen molar-refractivity contribution < 1.29 is 23.1 Å². The fourth-order valence-electron chi connectivity index (χ4n) is 2.46. The number of rotatable bonds is 6. The van der Waals surface area contributed by atoms with E-state index in [0.717, 1.165) is 0 Å². The molecule has 0 heterocycles. The van der Waals surface area contributed by atoms with Gasteiger partial charge >= 0.3 is 5.97 Å². The van der Waals surface area contributed by atoms with Crippen LogP contribution in [0.3, 0.4) is 0 Å². The molecule has 1 fully saturated rings. The SMILES string of the molecule is CCS(=O)(=O)CCNC(=O)[C@H]1CC(C)C[C@H]1C(=O)O. The van der Waals surface area contributed by atoms with Crippen LogP contribution in [0.1, 0.15) is 26.7 Å². The summed E-state index contributed by atoms with van der Waals surface area (Å²) in [7, 11) is -3.11. The van der Waals surface area contributed by atoms with Crippen LogP contribution in [0.2, 0.25) is 0 Å². The molecular weight excluding hydrogens is 270 g/mol. The summed E-state index contributed by atoms with van der Waals surface area (Å²) >= 11 is 0. The second-order valence-corrected chi connectivity index (χ2v) is 7.63. The van der Waals surface area contributed by atoms with Gasteiger partial charge in [0.05, 0.1) is 17.6 Å². The Labute approximate surface area is 113 Å². The zero-order valence-electron chi connectivity index (χ0n) is 11.3. The third-order valence-electron chi connectivity index (χ3n) is 3.60. The molecule has 3 atom stereocenters. The van der Waals surface area contributed by atoms with Gasteiger partial charge in [0, 0.05) is 12.3 Å². The van der Waals surface area contributed by atoms with E-state index in [4.69, 9.17) is 5.11 Å². The molecule has 0 aromatic carbocycles. The molecule has 0 aliphatic heterocycles. The number of carboxylic acid groups (broad SMARTS) is 1. The lowest BCUT2D eigenvalue weighted by molar-refractivity contribution is -0.146. The average Bonchev–Trinajstić information content (AvgIpc) is 2.71. The number of amides is 1.